The third-order valence-corrected chi connectivity index (χ3v) is 3.63. The maximum absolute atomic E-state index is 13.9. The summed E-state index contributed by atoms with van der Waals surface area (Å²) >= 11 is 0. The zero-order chi connectivity index (χ0) is 13.1. The largest absolute Gasteiger partial charge is 0.366 e. The number of hydrogen-bond donors (Lipinski definition) is 1. The van der Waals surface area contributed by atoms with Crippen LogP contribution < -0.4 is 10.6 Å². The number of likely N-dealkylation sites (N-methyl/N-ethyl adjacent to an activating group) is 1. The van der Waals surface area contributed by atoms with Gasteiger partial charge in [0.2, 0.25) is 0 Å². The van der Waals surface area contributed by atoms with E-state index in [1.165, 1.54) is 6.07 Å². The van der Waals surface area contributed by atoms with Gasteiger partial charge in [0, 0.05) is 36.9 Å². The van der Waals surface area contributed by atoms with Crippen LogP contribution in [0.2, 0.25) is 0 Å². The first-order chi connectivity index (χ1) is 8.63. The molecule has 1 aliphatic heterocycles. The lowest BCUT2D eigenvalue weighted by Gasteiger charge is -2.40. The van der Waals surface area contributed by atoms with Crippen molar-refractivity contribution in [3.8, 4) is 0 Å². The van der Waals surface area contributed by atoms with Gasteiger partial charge in [-0.3, -0.25) is 0 Å². The second kappa shape index (κ2) is 5.67. The van der Waals surface area contributed by atoms with E-state index in [4.69, 9.17) is 5.73 Å². The highest BCUT2D eigenvalue weighted by atomic mass is 19.1. The Labute approximate surface area is 108 Å². The van der Waals surface area contributed by atoms with Crippen LogP contribution in [0.3, 0.4) is 0 Å². The Bertz CT molecular complexity index is 408. The fraction of sp³-hybridized carbons (Fsp3) is 0.571. The van der Waals surface area contributed by atoms with Gasteiger partial charge in [-0.15, -0.1) is 0 Å². The van der Waals surface area contributed by atoms with Crippen LogP contribution in [-0.2, 0) is 6.42 Å². The summed E-state index contributed by atoms with van der Waals surface area (Å²) in [7, 11) is 2.13. The van der Waals surface area contributed by atoms with Crippen molar-refractivity contribution >= 4 is 5.69 Å². The van der Waals surface area contributed by atoms with Crippen molar-refractivity contribution in [1.29, 1.82) is 0 Å². The number of nitrogens with two attached hydrogens (primary N) is 1. The monoisotopic (exact) mass is 251 g/mol. The van der Waals surface area contributed by atoms with Gasteiger partial charge in [-0.2, -0.15) is 0 Å². The molecule has 1 aromatic rings. The van der Waals surface area contributed by atoms with E-state index in [-0.39, 0.29) is 5.82 Å². The van der Waals surface area contributed by atoms with E-state index < -0.39 is 0 Å². The number of anilines is 1. The molecule has 0 saturated carbocycles. The van der Waals surface area contributed by atoms with Crippen molar-refractivity contribution in [3.05, 3.63) is 29.6 Å². The van der Waals surface area contributed by atoms with E-state index >= 15 is 0 Å². The summed E-state index contributed by atoms with van der Waals surface area (Å²) in [4.78, 5) is 4.61. The standard InChI is InChI=1S/C14H22FN3/c1-11-10-17(2)8-9-18(11)14-5-3-4-13(15)12(14)6-7-16/h3-5,11H,6-10,16H2,1-2H3. The van der Waals surface area contributed by atoms with Crippen molar-refractivity contribution in [1.82, 2.24) is 4.90 Å². The van der Waals surface area contributed by atoms with E-state index in [1.54, 1.807) is 6.07 Å². The lowest BCUT2D eigenvalue weighted by atomic mass is 10.0. The van der Waals surface area contributed by atoms with Crippen LogP contribution in [0.5, 0.6) is 0 Å². The van der Waals surface area contributed by atoms with Crippen LogP contribution in [0.1, 0.15) is 12.5 Å². The summed E-state index contributed by atoms with van der Waals surface area (Å²) in [5, 5.41) is 0. The molecule has 1 heterocycles. The molecule has 0 amide bonds. The fourth-order valence-corrected chi connectivity index (χ4v) is 2.71. The summed E-state index contributed by atoms with van der Waals surface area (Å²) in [6.07, 6.45) is 0.598. The van der Waals surface area contributed by atoms with Crippen molar-refractivity contribution < 1.29 is 4.39 Å². The van der Waals surface area contributed by atoms with Crippen LogP contribution in [0, 0.1) is 5.82 Å². The number of halogens is 1. The topological polar surface area (TPSA) is 32.5 Å². The maximum atomic E-state index is 13.9. The molecule has 100 valence electrons. The lowest BCUT2D eigenvalue weighted by Crippen LogP contribution is -2.50. The van der Waals surface area contributed by atoms with Gasteiger partial charge in [-0.1, -0.05) is 6.07 Å². The number of benzene rings is 1. The maximum Gasteiger partial charge on any atom is 0.128 e. The molecule has 2 rings (SSSR count). The lowest BCUT2D eigenvalue weighted by molar-refractivity contribution is 0.275. The highest BCUT2D eigenvalue weighted by Gasteiger charge is 2.24. The van der Waals surface area contributed by atoms with Gasteiger partial charge in [-0.05, 0) is 39.1 Å². The molecule has 0 aliphatic carbocycles. The van der Waals surface area contributed by atoms with Crippen LogP contribution in [0.25, 0.3) is 0 Å². The molecule has 3 nitrogen and oxygen atoms in total. The molecule has 0 radical (unpaired) electrons. The van der Waals surface area contributed by atoms with Gasteiger partial charge in [-0.25, -0.2) is 4.39 Å². The van der Waals surface area contributed by atoms with E-state index in [9.17, 15) is 4.39 Å². The Balaban J connectivity index is 2.29. The van der Waals surface area contributed by atoms with Crippen molar-refractivity contribution in [2.24, 2.45) is 5.73 Å². The molecule has 1 atom stereocenters. The molecule has 0 aromatic heterocycles. The van der Waals surface area contributed by atoms with Gasteiger partial charge in [0.05, 0.1) is 0 Å². The molecule has 1 unspecified atom stereocenters. The Morgan fingerprint density at radius 3 is 2.83 bits per heavy atom. The molecule has 2 N–H and O–H groups in total. The summed E-state index contributed by atoms with van der Waals surface area (Å²) in [6.45, 7) is 5.64. The second-order valence-corrected chi connectivity index (χ2v) is 5.08. The third-order valence-electron chi connectivity index (χ3n) is 3.63. The minimum absolute atomic E-state index is 0.135. The first-order valence-corrected chi connectivity index (χ1v) is 6.56. The third kappa shape index (κ3) is 2.65. The van der Waals surface area contributed by atoms with Gasteiger partial charge in [0.1, 0.15) is 5.82 Å². The summed E-state index contributed by atoms with van der Waals surface area (Å²) in [5.41, 5.74) is 7.37. The van der Waals surface area contributed by atoms with Crippen LogP contribution in [0.4, 0.5) is 10.1 Å². The highest BCUT2D eigenvalue weighted by Crippen LogP contribution is 2.27. The number of nitrogens with zero attached hydrogens (tertiary/aromatic N) is 2. The quantitative estimate of drug-likeness (QED) is 0.883. The Morgan fingerprint density at radius 2 is 2.17 bits per heavy atom. The predicted molar refractivity (Wildman–Crippen MR) is 73.5 cm³/mol. The van der Waals surface area contributed by atoms with E-state index in [2.05, 4.69) is 23.8 Å². The minimum atomic E-state index is -0.135. The Morgan fingerprint density at radius 1 is 1.39 bits per heavy atom. The molecule has 4 heteroatoms. The van der Waals surface area contributed by atoms with E-state index in [0.29, 0.717) is 19.0 Å². The number of hydrogen-bond acceptors (Lipinski definition) is 3. The zero-order valence-corrected chi connectivity index (χ0v) is 11.2. The molecule has 0 bridgehead atoms. The summed E-state index contributed by atoms with van der Waals surface area (Å²) in [6, 6.07) is 5.72. The van der Waals surface area contributed by atoms with E-state index in [1.807, 2.05) is 6.07 Å². The first kappa shape index (κ1) is 13.3. The van der Waals surface area contributed by atoms with Gasteiger partial charge in [0.25, 0.3) is 0 Å². The first-order valence-electron chi connectivity index (χ1n) is 6.56. The predicted octanol–water partition coefficient (Wildman–Crippen LogP) is 1.47. The number of piperazine rings is 1. The normalized spacial score (nSPS) is 21.3. The molecule has 1 aliphatic rings. The minimum Gasteiger partial charge on any atom is -0.366 e. The Kier molecular flexibility index (Phi) is 4.19. The van der Waals surface area contributed by atoms with Gasteiger partial charge in [0.15, 0.2) is 0 Å². The van der Waals surface area contributed by atoms with Crippen molar-refractivity contribution in [2.45, 2.75) is 19.4 Å². The average molecular weight is 251 g/mol. The van der Waals surface area contributed by atoms with Gasteiger partial charge >= 0.3 is 0 Å². The SMILES string of the molecule is CC1CN(C)CCN1c1cccc(F)c1CCN. The summed E-state index contributed by atoms with van der Waals surface area (Å²) < 4.78 is 13.9. The highest BCUT2D eigenvalue weighted by molar-refractivity contribution is 5.55. The Hall–Kier alpha value is -1.13. The van der Waals surface area contributed by atoms with Gasteiger partial charge < -0.3 is 15.5 Å². The molecule has 1 saturated heterocycles. The molecular weight excluding hydrogens is 229 g/mol. The molecule has 1 fully saturated rings. The smallest absolute Gasteiger partial charge is 0.128 e. The van der Waals surface area contributed by atoms with E-state index in [0.717, 1.165) is 30.9 Å². The number of rotatable bonds is 3. The van der Waals surface area contributed by atoms with Crippen molar-refractivity contribution in [3.63, 3.8) is 0 Å². The second-order valence-electron chi connectivity index (χ2n) is 5.08. The fourth-order valence-electron chi connectivity index (χ4n) is 2.71. The summed E-state index contributed by atoms with van der Waals surface area (Å²) in [5.74, 6) is -0.135. The van der Waals surface area contributed by atoms with Crippen LogP contribution in [0.15, 0.2) is 18.2 Å². The zero-order valence-electron chi connectivity index (χ0n) is 11.2. The molecular formula is C14H22FN3. The van der Waals surface area contributed by atoms with Crippen LogP contribution >= 0.6 is 0 Å². The average Bonchev–Trinajstić information content (AvgIpc) is 2.32. The van der Waals surface area contributed by atoms with Crippen LogP contribution in [-0.4, -0.2) is 44.2 Å². The molecule has 1 aromatic carbocycles. The van der Waals surface area contributed by atoms with Crippen molar-refractivity contribution in [2.75, 3.05) is 38.1 Å². The molecule has 0 spiro atoms. The molecule has 18 heavy (non-hydrogen) atoms.